The fraction of sp³-hybridized carbons (Fsp3) is 0.154. The van der Waals surface area contributed by atoms with Crippen molar-refractivity contribution in [1.29, 1.82) is 0 Å². The molecule has 2 N–H and O–H groups in total. The van der Waals surface area contributed by atoms with Crippen molar-refractivity contribution >= 4 is 11.7 Å². The Balaban J connectivity index is 1.89. The van der Waals surface area contributed by atoms with Gasteiger partial charge in [0.25, 0.3) is 0 Å². The van der Waals surface area contributed by atoms with Gasteiger partial charge in [-0.25, -0.2) is 9.48 Å². The molecule has 2 aromatic rings. The molecule has 0 atom stereocenters. The number of terminal acetylenes is 1. The van der Waals surface area contributed by atoms with Crippen LogP contribution < -0.4 is 5.32 Å². The predicted octanol–water partition coefficient (Wildman–Crippen LogP) is 1.07. The summed E-state index contributed by atoms with van der Waals surface area (Å²) in [5.41, 5.74) is 1.65. The summed E-state index contributed by atoms with van der Waals surface area (Å²) in [5.74, 6) is 1.48. The number of aromatic nitrogens is 3. The van der Waals surface area contributed by atoms with Crippen molar-refractivity contribution in [3.63, 3.8) is 0 Å². The van der Waals surface area contributed by atoms with Crippen LogP contribution >= 0.6 is 0 Å². The second-order valence-electron chi connectivity index (χ2n) is 3.82. The summed E-state index contributed by atoms with van der Waals surface area (Å²) < 4.78 is 1.47. The number of carboxylic acid groups (broad SMARTS) is 1. The summed E-state index contributed by atoms with van der Waals surface area (Å²) in [6.07, 6.45) is 6.70. The zero-order valence-corrected chi connectivity index (χ0v) is 10.1. The van der Waals surface area contributed by atoms with Crippen LogP contribution in [0.2, 0.25) is 0 Å². The third-order valence-electron chi connectivity index (χ3n) is 2.46. The molecule has 0 amide bonds. The van der Waals surface area contributed by atoms with Crippen molar-refractivity contribution in [2.24, 2.45) is 0 Å². The molecule has 0 saturated carbocycles. The quantitative estimate of drug-likeness (QED) is 0.782. The van der Waals surface area contributed by atoms with E-state index in [4.69, 9.17) is 11.5 Å². The van der Waals surface area contributed by atoms with E-state index in [1.54, 1.807) is 0 Å². The summed E-state index contributed by atoms with van der Waals surface area (Å²) in [6, 6.07) is 7.49. The van der Waals surface area contributed by atoms with Crippen LogP contribution in [0.15, 0.2) is 30.5 Å². The van der Waals surface area contributed by atoms with E-state index >= 15 is 0 Å². The summed E-state index contributed by atoms with van der Waals surface area (Å²) in [5, 5.41) is 19.1. The maximum absolute atomic E-state index is 10.6. The molecule has 0 aliphatic heterocycles. The maximum atomic E-state index is 10.6. The highest BCUT2D eigenvalue weighted by atomic mass is 16.4. The molecule has 0 aliphatic rings. The summed E-state index contributed by atoms with van der Waals surface area (Å²) in [4.78, 5) is 10.6. The van der Waals surface area contributed by atoms with Crippen molar-refractivity contribution < 1.29 is 9.90 Å². The summed E-state index contributed by atoms with van der Waals surface area (Å²) in [7, 11) is 0. The minimum Gasteiger partial charge on any atom is -0.476 e. The average Bonchev–Trinajstić information content (AvgIpc) is 2.88. The van der Waals surface area contributed by atoms with Gasteiger partial charge in [-0.15, -0.1) is 11.5 Å². The lowest BCUT2D eigenvalue weighted by Gasteiger charge is -2.06. The third-order valence-corrected chi connectivity index (χ3v) is 2.46. The number of aromatic carboxylic acids is 1. The molecular formula is C13H12N4O2. The van der Waals surface area contributed by atoms with Crippen molar-refractivity contribution in [2.45, 2.75) is 6.54 Å². The van der Waals surface area contributed by atoms with Gasteiger partial charge in [0.2, 0.25) is 0 Å². The first-order valence-electron chi connectivity index (χ1n) is 5.63. The van der Waals surface area contributed by atoms with Crippen molar-refractivity contribution in [3.05, 3.63) is 41.7 Å². The van der Waals surface area contributed by atoms with Gasteiger partial charge in [-0.1, -0.05) is 17.2 Å². The number of hydrogen-bond donors (Lipinski definition) is 2. The Hall–Kier alpha value is -2.81. The zero-order chi connectivity index (χ0) is 13.7. The van der Waals surface area contributed by atoms with Crippen LogP contribution in [0.1, 0.15) is 16.1 Å². The molecular weight excluding hydrogens is 244 g/mol. The molecule has 1 aromatic carbocycles. The Labute approximate surface area is 110 Å². The van der Waals surface area contributed by atoms with Gasteiger partial charge < -0.3 is 10.4 Å². The number of benzene rings is 1. The highest BCUT2D eigenvalue weighted by Crippen LogP contribution is 2.09. The van der Waals surface area contributed by atoms with Gasteiger partial charge in [0.15, 0.2) is 5.69 Å². The van der Waals surface area contributed by atoms with Crippen LogP contribution in [-0.2, 0) is 6.54 Å². The zero-order valence-electron chi connectivity index (χ0n) is 10.1. The number of rotatable bonds is 5. The molecule has 6 nitrogen and oxygen atoms in total. The largest absolute Gasteiger partial charge is 0.476 e. The summed E-state index contributed by atoms with van der Waals surface area (Å²) in [6.45, 7) is 1.11. The standard InChI is InChI=1S/C13H12N4O2/c1-2-10-4-3-5-11(8-10)14-6-7-17-9-12(13(18)19)15-16-17/h1,3-5,8-9,14H,6-7H2,(H,18,19). The molecule has 2 rings (SSSR count). The van der Waals surface area contributed by atoms with Gasteiger partial charge in [0.05, 0.1) is 12.7 Å². The van der Waals surface area contributed by atoms with Crippen LogP contribution in [0.5, 0.6) is 0 Å². The predicted molar refractivity (Wildman–Crippen MR) is 69.8 cm³/mol. The van der Waals surface area contributed by atoms with Gasteiger partial charge in [-0.2, -0.15) is 0 Å². The first kappa shape index (κ1) is 12.6. The topological polar surface area (TPSA) is 80.0 Å². The number of carboxylic acids is 1. The van der Waals surface area contributed by atoms with E-state index in [9.17, 15) is 4.79 Å². The molecule has 0 saturated heterocycles. The van der Waals surface area contributed by atoms with Crippen LogP contribution in [0.3, 0.4) is 0 Å². The second-order valence-corrected chi connectivity index (χ2v) is 3.82. The van der Waals surface area contributed by atoms with E-state index in [0.717, 1.165) is 11.3 Å². The van der Waals surface area contributed by atoms with Crippen LogP contribution in [0.25, 0.3) is 0 Å². The highest BCUT2D eigenvalue weighted by Gasteiger charge is 2.07. The van der Waals surface area contributed by atoms with Crippen molar-refractivity contribution in [2.75, 3.05) is 11.9 Å². The molecule has 0 fully saturated rings. The van der Waals surface area contributed by atoms with E-state index < -0.39 is 5.97 Å². The normalized spacial score (nSPS) is 9.84. The molecule has 1 aromatic heterocycles. The van der Waals surface area contributed by atoms with E-state index in [2.05, 4.69) is 21.5 Å². The Morgan fingerprint density at radius 3 is 3.05 bits per heavy atom. The number of carbonyl (C=O) groups is 1. The van der Waals surface area contributed by atoms with E-state index in [1.165, 1.54) is 10.9 Å². The Morgan fingerprint density at radius 2 is 2.37 bits per heavy atom. The molecule has 6 heteroatoms. The molecule has 0 spiro atoms. The number of hydrogen-bond acceptors (Lipinski definition) is 4. The third kappa shape index (κ3) is 3.33. The fourth-order valence-electron chi connectivity index (χ4n) is 1.54. The Bertz CT molecular complexity index is 628. The number of nitrogens with one attached hydrogen (secondary N) is 1. The number of anilines is 1. The summed E-state index contributed by atoms with van der Waals surface area (Å²) >= 11 is 0. The SMILES string of the molecule is C#Cc1cccc(NCCn2cc(C(=O)O)nn2)c1. The Kier molecular flexibility index (Phi) is 3.78. The first-order valence-corrected chi connectivity index (χ1v) is 5.63. The first-order chi connectivity index (χ1) is 9.19. The molecule has 1 heterocycles. The smallest absolute Gasteiger partial charge is 0.358 e. The maximum Gasteiger partial charge on any atom is 0.358 e. The molecule has 19 heavy (non-hydrogen) atoms. The monoisotopic (exact) mass is 256 g/mol. The van der Waals surface area contributed by atoms with Crippen molar-refractivity contribution in [3.8, 4) is 12.3 Å². The average molecular weight is 256 g/mol. The molecule has 0 aliphatic carbocycles. The lowest BCUT2D eigenvalue weighted by Crippen LogP contribution is -2.11. The highest BCUT2D eigenvalue weighted by molar-refractivity contribution is 5.84. The van der Waals surface area contributed by atoms with E-state index in [-0.39, 0.29) is 5.69 Å². The fourth-order valence-corrected chi connectivity index (χ4v) is 1.54. The molecule has 0 radical (unpaired) electrons. The number of nitrogens with zero attached hydrogens (tertiary/aromatic N) is 3. The van der Waals surface area contributed by atoms with Gasteiger partial charge in [-0.05, 0) is 18.2 Å². The Morgan fingerprint density at radius 1 is 1.53 bits per heavy atom. The van der Waals surface area contributed by atoms with Crippen LogP contribution in [0, 0.1) is 12.3 Å². The van der Waals surface area contributed by atoms with E-state index in [1.807, 2.05) is 24.3 Å². The minimum absolute atomic E-state index is 0.0608. The van der Waals surface area contributed by atoms with Gasteiger partial charge >= 0.3 is 5.97 Å². The minimum atomic E-state index is -1.08. The van der Waals surface area contributed by atoms with Gasteiger partial charge in [0.1, 0.15) is 0 Å². The van der Waals surface area contributed by atoms with Gasteiger partial charge in [0, 0.05) is 17.8 Å². The van der Waals surface area contributed by atoms with Crippen LogP contribution in [0.4, 0.5) is 5.69 Å². The molecule has 0 bridgehead atoms. The lowest BCUT2D eigenvalue weighted by atomic mass is 10.2. The van der Waals surface area contributed by atoms with Crippen molar-refractivity contribution in [1.82, 2.24) is 15.0 Å². The lowest BCUT2D eigenvalue weighted by molar-refractivity contribution is 0.0690. The second kappa shape index (κ2) is 5.69. The molecule has 96 valence electrons. The van der Waals surface area contributed by atoms with E-state index in [0.29, 0.717) is 13.1 Å². The van der Waals surface area contributed by atoms with Gasteiger partial charge in [-0.3, -0.25) is 0 Å². The molecule has 0 unspecified atom stereocenters. The van der Waals surface area contributed by atoms with Crippen LogP contribution in [-0.4, -0.2) is 32.6 Å².